The van der Waals surface area contributed by atoms with Gasteiger partial charge in [0.1, 0.15) is 11.5 Å². The van der Waals surface area contributed by atoms with E-state index in [1.165, 1.54) is 107 Å². The summed E-state index contributed by atoms with van der Waals surface area (Å²) >= 11 is 1.05. The van der Waals surface area contributed by atoms with Gasteiger partial charge in [0.2, 0.25) is 5.36 Å². The Balaban J connectivity index is 1.07. The van der Waals surface area contributed by atoms with Gasteiger partial charge in [0, 0.05) is 75.7 Å². The normalized spacial score (nSPS) is 15.6. The molecule has 0 bridgehead atoms. The second-order valence-corrected chi connectivity index (χ2v) is 19.5. The molecule has 3 heterocycles. The van der Waals surface area contributed by atoms with Crippen molar-refractivity contribution in [2.45, 2.75) is 123 Å². The van der Waals surface area contributed by atoms with E-state index in [0.29, 0.717) is 11.3 Å². The number of nitrogens with one attached hydrogen (secondary N) is 1. The van der Waals surface area contributed by atoms with Crippen molar-refractivity contribution < 1.29 is 24.2 Å². The number of ether oxygens (including phenoxy) is 1. The van der Waals surface area contributed by atoms with Crippen LogP contribution in [0.15, 0.2) is 72.8 Å². The van der Waals surface area contributed by atoms with Crippen LogP contribution in [0.1, 0.15) is 138 Å². The van der Waals surface area contributed by atoms with E-state index in [9.17, 15) is 10.1 Å². The third-order valence-electron chi connectivity index (χ3n) is 13.1. The molecule has 9 heteroatoms. The highest BCUT2D eigenvalue weighted by molar-refractivity contribution is 7.94. The van der Waals surface area contributed by atoms with Gasteiger partial charge >= 0.3 is 0 Å². The van der Waals surface area contributed by atoms with Crippen LogP contribution in [0.3, 0.4) is 0 Å². The van der Waals surface area contributed by atoms with Crippen molar-refractivity contribution in [3.05, 3.63) is 111 Å². The van der Waals surface area contributed by atoms with E-state index in [0.717, 1.165) is 79.9 Å². The van der Waals surface area contributed by atoms with Crippen molar-refractivity contribution in [2.24, 2.45) is 0 Å². The van der Waals surface area contributed by atoms with Crippen molar-refractivity contribution in [3.8, 4) is 11.5 Å². The van der Waals surface area contributed by atoms with Gasteiger partial charge in [0.25, 0.3) is 5.91 Å². The van der Waals surface area contributed by atoms with E-state index in [4.69, 9.17) is 4.74 Å². The first-order chi connectivity index (χ1) is 29.6. The van der Waals surface area contributed by atoms with Crippen molar-refractivity contribution in [1.29, 1.82) is 0 Å². The standard InChI is InChI=1S/C52H63N3O5S/c1-6-7-8-9-10-11-12-13-14-19-29-53-50(56)37-27-25-36(26-28-37)33-55-35-52(4,5)45-47(55)41-24-18-16-22-39(41)43-32-42-38-21-15-17-23-40(38)46-44(48(42)58-49(43)45)51(2,3)34-54(46)30-20-31-61-60-59-57/h15-18,21-28,32H,6-14,19-20,29-31,33-35H2,1-5H3,(H-,53,56,57). The average Bonchev–Trinajstić information content (AvgIpc) is 3.69. The van der Waals surface area contributed by atoms with E-state index >= 15 is 0 Å². The molecule has 0 atom stereocenters. The number of hydrogen-bond donors (Lipinski definition) is 1. The molecule has 1 amide bonds. The SMILES string of the molecule is CCCCCCCCCCCCNC(=O)c1ccc(C[N+]2=c3c(c4c(c5ccccc35)=Cc3c(c5c(c6ccccc36)N(CCCSOO[O-])CC5(C)C)O4)C(C)(C)C2)cc1. The molecule has 5 aromatic carbocycles. The summed E-state index contributed by atoms with van der Waals surface area (Å²) < 4.78 is 14.6. The van der Waals surface area contributed by atoms with Crippen LogP contribution in [0.2, 0.25) is 0 Å². The van der Waals surface area contributed by atoms with Gasteiger partial charge in [-0.3, -0.25) is 9.83 Å². The van der Waals surface area contributed by atoms with Gasteiger partial charge in [-0.1, -0.05) is 133 Å². The molecule has 0 saturated heterocycles. The van der Waals surface area contributed by atoms with Gasteiger partial charge in [-0.15, -0.1) is 0 Å². The maximum atomic E-state index is 13.1. The van der Waals surface area contributed by atoms with Crippen molar-refractivity contribution >= 4 is 51.3 Å². The minimum absolute atomic E-state index is 0.00603. The number of hydrogen-bond acceptors (Lipinski definition) is 7. The predicted molar refractivity (Wildman–Crippen MR) is 249 cm³/mol. The number of fused-ring (bicyclic) bond motifs is 12. The number of nitrogens with zero attached hydrogens (tertiary/aromatic N) is 2. The van der Waals surface area contributed by atoms with Crippen molar-refractivity contribution in [1.82, 2.24) is 9.89 Å². The summed E-state index contributed by atoms with van der Waals surface area (Å²) in [6.07, 6.45) is 16.1. The lowest BCUT2D eigenvalue weighted by Gasteiger charge is -2.28. The molecule has 322 valence electrons. The van der Waals surface area contributed by atoms with Crippen LogP contribution in [0, 0.1) is 0 Å². The fraction of sp³-hybridized carbons (Fsp3) is 0.462. The highest BCUT2D eigenvalue weighted by Crippen LogP contribution is 2.54. The van der Waals surface area contributed by atoms with Crippen LogP contribution >= 0.6 is 12.0 Å². The van der Waals surface area contributed by atoms with Crippen LogP contribution in [0.5, 0.6) is 11.5 Å². The van der Waals surface area contributed by atoms with Crippen LogP contribution in [-0.4, -0.2) is 37.8 Å². The molecule has 0 saturated carbocycles. The topological polar surface area (TPSA) is 86.1 Å². The Labute approximate surface area is 366 Å². The number of unbranched alkanes of at least 4 members (excludes halogenated alkanes) is 9. The third-order valence-corrected chi connectivity index (χ3v) is 13.8. The number of carbonyl (C=O) groups is 1. The Bertz CT molecular complexity index is 2510. The minimum atomic E-state index is -0.196. The third kappa shape index (κ3) is 8.95. The van der Waals surface area contributed by atoms with Crippen molar-refractivity contribution in [3.63, 3.8) is 0 Å². The van der Waals surface area contributed by atoms with Gasteiger partial charge in [-0.25, -0.2) is 4.58 Å². The Kier molecular flexibility index (Phi) is 13.4. The zero-order valence-electron chi connectivity index (χ0n) is 36.9. The quantitative estimate of drug-likeness (QED) is 0.0269. The zero-order chi connectivity index (χ0) is 42.6. The highest BCUT2D eigenvalue weighted by Gasteiger charge is 2.45. The van der Waals surface area contributed by atoms with Gasteiger partial charge in [-0.2, -0.15) is 4.33 Å². The summed E-state index contributed by atoms with van der Waals surface area (Å²) in [5.41, 5.74) is 6.38. The van der Waals surface area contributed by atoms with Crippen LogP contribution in [0.4, 0.5) is 5.69 Å². The lowest BCUT2D eigenvalue weighted by molar-refractivity contribution is -0.777. The molecular formula is C52H63N3O5S. The first-order valence-electron chi connectivity index (χ1n) is 22.8. The summed E-state index contributed by atoms with van der Waals surface area (Å²) in [4.78, 5) is 15.6. The largest absolute Gasteiger partial charge is 0.691 e. The predicted octanol–water partition coefficient (Wildman–Crippen LogP) is 9.92. The monoisotopic (exact) mass is 841 g/mol. The molecule has 0 aliphatic carbocycles. The molecule has 0 fully saturated rings. The number of amides is 1. The zero-order valence-corrected chi connectivity index (χ0v) is 37.7. The second kappa shape index (κ2) is 18.9. The molecule has 8 nitrogen and oxygen atoms in total. The van der Waals surface area contributed by atoms with E-state index < -0.39 is 0 Å². The fourth-order valence-electron chi connectivity index (χ4n) is 10.4. The lowest BCUT2D eigenvalue weighted by Crippen LogP contribution is -2.30. The van der Waals surface area contributed by atoms with E-state index in [2.05, 4.69) is 126 Å². The fourth-order valence-corrected chi connectivity index (χ4v) is 10.7. The molecule has 0 spiro atoms. The van der Waals surface area contributed by atoms with Gasteiger partial charge in [-0.05, 0) is 61.7 Å². The number of rotatable bonds is 20. The number of anilines is 1. The summed E-state index contributed by atoms with van der Waals surface area (Å²) in [6.45, 7) is 15.6. The molecule has 8 rings (SSSR count). The summed E-state index contributed by atoms with van der Waals surface area (Å²) in [5, 5.41) is 24.3. The highest BCUT2D eigenvalue weighted by atomic mass is 32.2. The lowest BCUT2D eigenvalue weighted by atomic mass is 9.81. The molecule has 0 aromatic heterocycles. The molecule has 3 aliphatic rings. The summed E-state index contributed by atoms with van der Waals surface area (Å²) in [7, 11) is 0. The summed E-state index contributed by atoms with van der Waals surface area (Å²) in [6, 6.07) is 25.7. The molecule has 1 N–H and O–H groups in total. The molecule has 5 aromatic rings. The molecule has 61 heavy (non-hydrogen) atoms. The first kappa shape index (κ1) is 43.2. The van der Waals surface area contributed by atoms with Gasteiger partial charge in [0.05, 0.1) is 22.1 Å². The smallest absolute Gasteiger partial charge is 0.251 e. The number of benzene rings is 5. The Hall–Kier alpha value is -4.41. The Morgan fingerprint density at radius 1 is 0.787 bits per heavy atom. The van der Waals surface area contributed by atoms with Crippen LogP contribution < -0.4 is 35.4 Å². The maximum Gasteiger partial charge on any atom is 0.251 e. The maximum absolute atomic E-state index is 13.1. The van der Waals surface area contributed by atoms with Crippen LogP contribution in [0.25, 0.3) is 27.6 Å². The summed E-state index contributed by atoms with van der Waals surface area (Å²) in [5.74, 6) is 2.58. The van der Waals surface area contributed by atoms with Crippen molar-refractivity contribution in [2.75, 3.05) is 36.8 Å². The minimum Gasteiger partial charge on any atom is -0.691 e. The average molecular weight is 842 g/mol. The van der Waals surface area contributed by atoms with E-state index in [-0.39, 0.29) is 16.7 Å². The van der Waals surface area contributed by atoms with E-state index in [1.807, 2.05) is 12.1 Å². The Morgan fingerprint density at radius 2 is 1.44 bits per heavy atom. The molecular weight excluding hydrogens is 779 g/mol. The first-order valence-corrected chi connectivity index (χ1v) is 23.7. The van der Waals surface area contributed by atoms with E-state index in [1.54, 1.807) is 0 Å². The molecule has 0 unspecified atom stereocenters. The number of carbonyl (C=O) groups excluding carboxylic acids is 1. The van der Waals surface area contributed by atoms with Gasteiger partial charge < -0.3 is 20.2 Å². The van der Waals surface area contributed by atoms with Gasteiger partial charge in [0.15, 0.2) is 13.1 Å². The molecule has 0 radical (unpaired) electrons. The molecule has 3 aliphatic heterocycles. The Morgan fingerprint density at radius 3 is 2.15 bits per heavy atom. The second-order valence-electron chi connectivity index (χ2n) is 18.8. The van der Waals surface area contributed by atoms with Crippen LogP contribution in [-0.2, 0) is 26.7 Å².